The summed E-state index contributed by atoms with van der Waals surface area (Å²) in [5.74, 6) is -0.336. The van der Waals surface area contributed by atoms with Crippen LogP contribution in [0.3, 0.4) is 0 Å². The minimum absolute atomic E-state index is 0.151. The lowest BCUT2D eigenvalue weighted by Crippen LogP contribution is -2.19. The van der Waals surface area contributed by atoms with Crippen molar-refractivity contribution in [1.82, 2.24) is 15.2 Å². The van der Waals surface area contributed by atoms with Crippen molar-refractivity contribution < 1.29 is 9.53 Å². The summed E-state index contributed by atoms with van der Waals surface area (Å²) in [6.45, 7) is 0. The summed E-state index contributed by atoms with van der Waals surface area (Å²) >= 11 is 0. The van der Waals surface area contributed by atoms with Crippen molar-refractivity contribution in [2.75, 3.05) is 12.4 Å². The van der Waals surface area contributed by atoms with E-state index < -0.39 is 5.97 Å². The molecule has 0 aliphatic heterocycles. The first-order valence-electron chi connectivity index (χ1n) is 7.61. The van der Waals surface area contributed by atoms with Crippen LogP contribution in [0.1, 0.15) is 21.6 Å². The number of carbonyl (C=O) groups excluding carboxylic acids is 1. The van der Waals surface area contributed by atoms with Crippen LogP contribution in [0, 0.1) is 0 Å². The highest BCUT2D eigenvalue weighted by molar-refractivity contribution is 5.96. The molecule has 1 aromatic heterocycles. The third kappa shape index (κ3) is 3.89. The van der Waals surface area contributed by atoms with E-state index in [4.69, 9.17) is 4.74 Å². The number of anilines is 2. The Morgan fingerprint density at radius 2 is 1.80 bits per heavy atom. The quantitative estimate of drug-likeness (QED) is 0.694. The maximum atomic E-state index is 12.2. The van der Waals surface area contributed by atoms with E-state index in [-0.39, 0.29) is 11.5 Å². The molecule has 0 amide bonds. The summed E-state index contributed by atoms with van der Waals surface area (Å²) in [4.78, 5) is 26.6. The van der Waals surface area contributed by atoms with E-state index >= 15 is 0 Å². The lowest BCUT2D eigenvalue weighted by molar-refractivity contribution is 0.0602. The molecule has 7 heteroatoms. The zero-order chi connectivity index (χ0) is 17.6. The second-order valence-corrected chi connectivity index (χ2v) is 5.27. The number of para-hydroxylation sites is 1. The minimum Gasteiger partial charge on any atom is -0.465 e. The Labute approximate surface area is 143 Å². The molecule has 0 aliphatic carbocycles. The van der Waals surface area contributed by atoms with Crippen LogP contribution < -0.4 is 10.9 Å². The molecule has 0 aliphatic rings. The number of esters is 1. The first-order chi connectivity index (χ1) is 12.2. The molecule has 1 heterocycles. The summed E-state index contributed by atoms with van der Waals surface area (Å²) in [5, 5.41) is 10.9. The summed E-state index contributed by atoms with van der Waals surface area (Å²) in [7, 11) is 1.30. The molecule has 3 aromatic rings. The van der Waals surface area contributed by atoms with E-state index in [2.05, 4.69) is 20.5 Å². The molecule has 0 bridgehead atoms. The van der Waals surface area contributed by atoms with Crippen LogP contribution in [-0.2, 0) is 11.2 Å². The van der Waals surface area contributed by atoms with Gasteiger partial charge in [0.15, 0.2) is 0 Å². The zero-order valence-corrected chi connectivity index (χ0v) is 13.5. The second-order valence-electron chi connectivity index (χ2n) is 5.27. The number of methoxy groups -OCH3 is 1. The first kappa shape index (κ1) is 16.4. The lowest BCUT2D eigenvalue weighted by atomic mass is 10.1. The van der Waals surface area contributed by atoms with E-state index in [9.17, 15) is 9.59 Å². The van der Waals surface area contributed by atoms with Gasteiger partial charge in [-0.1, -0.05) is 42.5 Å². The molecule has 0 fully saturated rings. The SMILES string of the molecule is COC(=O)c1ccccc1Nc1nnc(Cc2ccccc2)c(=O)[nH]1. The van der Waals surface area contributed by atoms with Crippen LogP contribution in [-0.4, -0.2) is 28.3 Å². The molecule has 126 valence electrons. The number of ether oxygens (including phenoxy) is 1. The van der Waals surface area contributed by atoms with Crippen molar-refractivity contribution in [3.8, 4) is 0 Å². The zero-order valence-electron chi connectivity index (χ0n) is 13.5. The van der Waals surface area contributed by atoms with E-state index in [0.29, 0.717) is 23.4 Å². The number of nitrogens with one attached hydrogen (secondary N) is 2. The van der Waals surface area contributed by atoms with Crippen molar-refractivity contribution in [3.05, 3.63) is 81.8 Å². The van der Waals surface area contributed by atoms with Crippen LogP contribution in [0.25, 0.3) is 0 Å². The summed E-state index contributed by atoms with van der Waals surface area (Å²) in [6, 6.07) is 16.3. The third-order valence-corrected chi connectivity index (χ3v) is 3.56. The highest BCUT2D eigenvalue weighted by Crippen LogP contribution is 2.18. The fraction of sp³-hybridized carbons (Fsp3) is 0.111. The number of H-pyrrole nitrogens is 1. The molecule has 0 spiro atoms. The third-order valence-electron chi connectivity index (χ3n) is 3.56. The maximum Gasteiger partial charge on any atom is 0.339 e. The standard InChI is InChI=1S/C18H16N4O3/c1-25-17(24)13-9-5-6-10-14(13)19-18-20-16(23)15(21-22-18)11-12-7-3-2-4-8-12/h2-10H,11H2,1H3,(H2,19,20,22,23). The van der Waals surface area contributed by atoms with Gasteiger partial charge in [-0.05, 0) is 17.7 Å². The number of rotatable bonds is 5. The van der Waals surface area contributed by atoms with Crippen LogP contribution in [0.15, 0.2) is 59.4 Å². The summed E-state index contributed by atoms with van der Waals surface area (Å²) in [6.07, 6.45) is 0.391. The summed E-state index contributed by atoms with van der Waals surface area (Å²) < 4.78 is 4.74. The minimum atomic E-state index is -0.487. The van der Waals surface area contributed by atoms with Gasteiger partial charge in [-0.25, -0.2) is 4.79 Å². The normalized spacial score (nSPS) is 10.3. The molecule has 3 rings (SSSR count). The summed E-state index contributed by atoms with van der Waals surface area (Å²) in [5.41, 5.74) is 1.75. The van der Waals surface area contributed by atoms with Crippen molar-refractivity contribution in [2.24, 2.45) is 0 Å². The predicted octanol–water partition coefficient (Wildman–Crippen LogP) is 2.29. The molecule has 25 heavy (non-hydrogen) atoms. The predicted molar refractivity (Wildman–Crippen MR) is 93.0 cm³/mol. The number of aromatic amines is 1. The Hall–Kier alpha value is -3.48. The highest BCUT2D eigenvalue weighted by Gasteiger charge is 2.12. The van der Waals surface area contributed by atoms with Crippen LogP contribution in [0.2, 0.25) is 0 Å². The fourth-order valence-electron chi connectivity index (χ4n) is 2.33. The molecular formula is C18H16N4O3. The molecule has 0 unspecified atom stereocenters. The topological polar surface area (TPSA) is 97.0 Å². The lowest BCUT2D eigenvalue weighted by Gasteiger charge is -2.09. The Morgan fingerprint density at radius 3 is 2.52 bits per heavy atom. The van der Waals surface area contributed by atoms with Crippen molar-refractivity contribution in [3.63, 3.8) is 0 Å². The number of nitrogens with zero attached hydrogens (tertiary/aromatic N) is 2. The Bertz CT molecular complexity index is 938. The molecule has 0 atom stereocenters. The van der Waals surface area contributed by atoms with Gasteiger partial charge in [0.05, 0.1) is 18.4 Å². The molecule has 0 saturated carbocycles. The van der Waals surface area contributed by atoms with Crippen molar-refractivity contribution in [1.29, 1.82) is 0 Å². The molecular weight excluding hydrogens is 320 g/mol. The molecule has 7 nitrogen and oxygen atoms in total. The largest absolute Gasteiger partial charge is 0.465 e. The van der Waals surface area contributed by atoms with Crippen molar-refractivity contribution in [2.45, 2.75) is 6.42 Å². The smallest absolute Gasteiger partial charge is 0.339 e. The number of hydrogen-bond donors (Lipinski definition) is 2. The average molecular weight is 336 g/mol. The van der Waals surface area contributed by atoms with Gasteiger partial charge < -0.3 is 10.1 Å². The number of aromatic nitrogens is 3. The van der Waals surface area contributed by atoms with Crippen LogP contribution in [0.5, 0.6) is 0 Å². The second kappa shape index (κ2) is 7.39. The Morgan fingerprint density at radius 1 is 1.08 bits per heavy atom. The maximum absolute atomic E-state index is 12.2. The van der Waals surface area contributed by atoms with Gasteiger partial charge in [-0.2, -0.15) is 0 Å². The van der Waals surface area contributed by atoms with Gasteiger partial charge in [-0.15, -0.1) is 10.2 Å². The highest BCUT2D eigenvalue weighted by atomic mass is 16.5. The molecule has 2 aromatic carbocycles. The van der Waals surface area contributed by atoms with Gasteiger partial charge >= 0.3 is 5.97 Å². The van der Waals surface area contributed by atoms with E-state index in [0.717, 1.165) is 5.56 Å². The molecule has 0 saturated heterocycles. The van der Waals surface area contributed by atoms with Crippen LogP contribution in [0.4, 0.5) is 11.6 Å². The van der Waals surface area contributed by atoms with Gasteiger partial charge in [0.2, 0.25) is 5.95 Å². The van der Waals surface area contributed by atoms with E-state index in [1.165, 1.54) is 7.11 Å². The van der Waals surface area contributed by atoms with Gasteiger partial charge in [-0.3, -0.25) is 9.78 Å². The van der Waals surface area contributed by atoms with Crippen molar-refractivity contribution >= 4 is 17.6 Å². The Kier molecular flexibility index (Phi) is 4.84. The monoisotopic (exact) mass is 336 g/mol. The average Bonchev–Trinajstić information content (AvgIpc) is 2.65. The molecule has 2 N–H and O–H groups in total. The fourth-order valence-corrected chi connectivity index (χ4v) is 2.33. The van der Waals surface area contributed by atoms with Gasteiger partial charge in [0.1, 0.15) is 5.69 Å². The molecule has 0 radical (unpaired) electrons. The van der Waals surface area contributed by atoms with Crippen LogP contribution >= 0.6 is 0 Å². The van der Waals surface area contributed by atoms with Gasteiger partial charge in [0.25, 0.3) is 5.56 Å². The number of benzene rings is 2. The Balaban J connectivity index is 1.83. The van der Waals surface area contributed by atoms with E-state index in [1.807, 2.05) is 30.3 Å². The number of carbonyl (C=O) groups is 1. The first-order valence-corrected chi connectivity index (χ1v) is 7.61. The van der Waals surface area contributed by atoms with E-state index in [1.54, 1.807) is 24.3 Å². The van der Waals surface area contributed by atoms with Gasteiger partial charge in [0, 0.05) is 6.42 Å². The number of hydrogen-bond acceptors (Lipinski definition) is 6.